The minimum atomic E-state index is -0.941. The Morgan fingerprint density at radius 3 is 2.56 bits per heavy atom. The van der Waals surface area contributed by atoms with Crippen molar-refractivity contribution in [2.45, 2.75) is 47.5 Å². The predicted molar refractivity (Wildman–Crippen MR) is 103 cm³/mol. The summed E-state index contributed by atoms with van der Waals surface area (Å²) in [5.74, 6) is -0.692. The van der Waals surface area contributed by atoms with Crippen molar-refractivity contribution in [3.63, 3.8) is 0 Å². The fourth-order valence-corrected chi connectivity index (χ4v) is 3.18. The van der Waals surface area contributed by atoms with Crippen molar-refractivity contribution in [2.24, 2.45) is 16.5 Å². The Bertz CT molecular complexity index is 661. The van der Waals surface area contributed by atoms with Gasteiger partial charge in [-0.3, -0.25) is 0 Å². The maximum Gasteiger partial charge on any atom is 0.328 e. The lowest BCUT2D eigenvalue weighted by molar-refractivity contribution is -0.131. The van der Waals surface area contributed by atoms with Crippen LogP contribution in [0.3, 0.4) is 0 Å². The van der Waals surface area contributed by atoms with Crippen LogP contribution in [-0.2, 0) is 4.79 Å². The summed E-state index contributed by atoms with van der Waals surface area (Å²) in [5.41, 5.74) is 4.40. The van der Waals surface area contributed by atoms with Crippen LogP contribution in [-0.4, -0.2) is 17.6 Å². The average molecular weight is 343 g/mol. The van der Waals surface area contributed by atoms with Crippen LogP contribution < -0.4 is 0 Å². The summed E-state index contributed by atoms with van der Waals surface area (Å²) in [5, 5.41) is 11.8. The van der Waals surface area contributed by atoms with Crippen LogP contribution in [0.1, 0.15) is 47.5 Å². The first-order valence-corrected chi connectivity index (χ1v) is 8.62. The van der Waals surface area contributed by atoms with Gasteiger partial charge in [0.2, 0.25) is 0 Å². The second kappa shape index (κ2) is 9.30. The smallest absolute Gasteiger partial charge is 0.328 e. The number of nitrogens with zero attached hydrogens (tertiary/aromatic N) is 1. The first-order valence-electron chi connectivity index (χ1n) is 8.62. The summed E-state index contributed by atoms with van der Waals surface area (Å²) >= 11 is 0. The highest BCUT2D eigenvalue weighted by Gasteiger charge is 2.31. The Morgan fingerprint density at radius 2 is 1.96 bits per heavy atom. The molecule has 0 spiro atoms. The number of hydrogen-bond acceptors (Lipinski definition) is 3. The first kappa shape index (κ1) is 20.8. The summed E-state index contributed by atoms with van der Waals surface area (Å²) in [4.78, 5) is 21.2. The number of nitroso groups, excluding NO2 is 1. The number of allylic oxidation sites excluding steroid dienone is 8. The molecule has 0 heterocycles. The number of rotatable bonds is 7. The van der Waals surface area contributed by atoms with E-state index >= 15 is 0 Å². The molecule has 0 aliphatic heterocycles. The van der Waals surface area contributed by atoms with Crippen LogP contribution in [0.2, 0.25) is 0 Å². The predicted octanol–water partition coefficient (Wildman–Crippen LogP) is 5.60. The normalized spacial score (nSPS) is 22.0. The lowest BCUT2D eigenvalue weighted by atomic mass is 9.69. The van der Waals surface area contributed by atoms with Crippen LogP contribution >= 0.6 is 0 Å². The summed E-state index contributed by atoms with van der Waals surface area (Å²) in [6.07, 6.45) is 13.0. The van der Waals surface area contributed by atoms with E-state index < -0.39 is 5.97 Å². The number of carboxylic acid groups (broad SMARTS) is 1. The zero-order valence-corrected chi connectivity index (χ0v) is 15.9. The SMILES string of the molecule is CC(C=CC1=C(C)C(CN=O)CCC1(C)C)=CC=CC(C)=CC(=O)O. The van der Waals surface area contributed by atoms with E-state index in [9.17, 15) is 9.70 Å². The molecule has 1 atom stereocenters. The molecule has 4 heteroatoms. The molecule has 0 aromatic carbocycles. The summed E-state index contributed by atoms with van der Waals surface area (Å²) in [7, 11) is 0. The second-order valence-electron chi connectivity index (χ2n) is 7.36. The van der Waals surface area contributed by atoms with Crippen molar-refractivity contribution in [1.82, 2.24) is 0 Å². The Morgan fingerprint density at radius 1 is 1.28 bits per heavy atom. The molecular weight excluding hydrogens is 314 g/mol. The fourth-order valence-electron chi connectivity index (χ4n) is 3.18. The monoisotopic (exact) mass is 343 g/mol. The van der Waals surface area contributed by atoms with Crippen LogP contribution in [0, 0.1) is 16.2 Å². The quantitative estimate of drug-likeness (QED) is 0.372. The maximum absolute atomic E-state index is 10.6. The second-order valence-corrected chi connectivity index (χ2v) is 7.36. The third-order valence-electron chi connectivity index (χ3n) is 4.76. The maximum atomic E-state index is 10.6. The zero-order valence-electron chi connectivity index (χ0n) is 15.9. The molecule has 25 heavy (non-hydrogen) atoms. The van der Waals surface area contributed by atoms with Crippen molar-refractivity contribution in [1.29, 1.82) is 0 Å². The highest BCUT2D eigenvalue weighted by Crippen LogP contribution is 2.43. The molecule has 1 rings (SSSR count). The third-order valence-corrected chi connectivity index (χ3v) is 4.76. The van der Waals surface area contributed by atoms with Crippen molar-refractivity contribution >= 4 is 5.97 Å². The van der Waals surface area contributed by atoms with E-state index in [0.717, 1.165) is 18.4 Å². The molecule has 4 nitrogen and oxygen atoms in total. The van der Waals surface area contributed by atoms with Gasteiger partial charge < -0.3 is 5.11 Å². The van der Waals surface area contributed by atoms with Gasteiger partial charge in [-0.05, 0) is 50.2 Å². The zero-order chi connectivity index (χ0) is 19.0. The molecule has 1 aliphatic carbocycles. The lowest BCUT2D eigenvalue weighted by Gasteiger charge is -2.36. The molecule has 1 aliphatic rings. The molecule has 1 unspecified atom stereocenters. The molecule has 136 valence electrons. The average Bonchev–Trinajstić information content (AvgIpc) is 2.49. The van der Waals surface area contributed by atoms with Gasteiger partial charge in [0.05, 0.1) is 6.54 Å². The molecule has 0 aromatic rings. The van der Waals surface area contributed by atoms with Crippen molar-refractivity contribution in [2.75, 3.05) is 6.54 Å². The Labute approximate surface area is 150 Å². The first-order chi connectivity index (χ1) is 11.7. The van der Waals surface area contributed by atoms with E-state index in [4.69, 9.17) is 5.11 Å². The van der Waals surface area contributed by atoms with Crippen molar-refractivity contribution < 1.29 is 9.90 Å². The van der Waals surface area contributed by atoms with Crippen LogP contribution in [0.25, 0.3) is 0 Å². The van der Waals surface area contributed by atoms with E-state index in [-0.39, 0.29) is 11.3 Å². The minimum Gasteiger partial charge on any atom is -0.478 e. The molecule has 0 fully saturated rings. The molecule has 0 amide bonds. The topological polar surface area (TPSA) is 66.7 Å². The van der Waals surface area contributed by atoms with Gasteiger partial charge in [0.25, 0.3) is 0 Å². The molecule has 1 N–H and O–H groups in total. The number of carbonyl (C=O) groups is 1. The highest BCUT2D eigenvalue weighted by atomic mass is 16.4. The Hall–Kier alpha value is -2.23. The Balaban J connectivity index is 2.94. The minimum absolute atomic E-state index is 0.0941. The van der Waals surface area contributed by atoms with Crippen LogP contribution in [0.4, 0.5) is 0 Å². The van der Waals surface area contributed by atoms with E-state index in [1.807, 2.05) is 19.1 Å². The van der Waals surface area contributed by atoms with Gasteiger partial charge in [0.1, 0.15) is 0 Å². The van der Waals surface area contributed by atoms with Crippen molar-refractivity contribution in [3.8, 4) is 0 Å². The third kappa shape index (κ3) is 6.65. The van der Waals surface area contributed by atoms with Gasteiger partial charge in [-0.1, -0.05) is 60.6 Å². The number of aliphatic carboxylic acids is 1. The summed E-state index contributed by atoms with van der Waals surface area (Å²) in [6.45, 7) is 10.7. The van der Waals surface area contributed by atoms with Crippen LogP contribution in [0.15, 0.2) is 63.9 Å². The van der Waals surface area contributed by atoms with Gasteiger partial charge in [0, 0.05) is 12.0 Å². The lowest BCUT2D eigenvalue weighted by Crippen LogP contribution is -2.25. The highest BCUT2D eigenvalue weighted by molar-refractivity contribution is 5.81. The molecule has 0 radical (unpaired) electrons. The van der Waals surface area contributed by atoms with Gasteiger partial charge >= 0.3 is 5.97 Å². The van der Waals surface area contributed by atoms with E-state index in [1.165, 1.54) is 17.2 Å². The fraction of sp³-hybridized carbons (Fsp3) is 0.476. The van der Waals surface area contributed by atoms with E-state index in [2.05, 4.69) is 38.1 Å². The molecule has 0 bridgehead atoms. The van der Waals surface area contributed by atoms with Gasteiger partial charge in [-0.2, -0.15) is 4.91 Å². The molecule has 0 aromatic heterocycles. The van der Waals surface area contributed by atoms with Gasteiger partial charge in [-0.25, -0.2) is 4.79 Å². The standard InChI is InChI=1S/C21H29NO3/c1-15(7-6-8-16(2)13-20(23)24)9-10-19-17(3)18(14-22-25)11-12-21(19,4)5/h6-10,13,18H,11-12,14H2,1-5H3,(H,23,24). The molecule has 0 saturated heterocycles. The van der Waals surface area contributed by atoms with Crippen LogP contribution in [0.5, 0.6) is 0 Å². The number of hydrogen-bond donors (Lipinski definition) is 1. The molecule has 0 saturated carbocycles. The van der Waals surface area contributed by atoms with Crippen molar-refractivity contribution in [3.05, 3.63) is 63.7 Å². The Kier molecular flexibility index (Phi) is 7.75. The van der Waals surface area contributed by atoms with Gasteiger partial charge in [0.15, 0.2) is 0 Å². The van der Waals surface area contributed by atoms with E-state index in [0.29, 0.717) is 12.1 Å². The molecular formula is C21H29NO3. The van der Waals surface area contributed by atoms with Gasteiger partial charge in [-0.15, -0.1) is 0 Å². The summed E-state index contributed by atoms with van der Waals surface area (Å²) < 4.78 is 0. The largest absolute Gasteiger partial charge is 0.478 e. The number of carboxylic acids is 1. The van der Waals surface area contributed by atoms with E-state index in [1.54, 1.807) is 13.0 Å². The summed E-state index contributed by atoms with van der Waals surface area (Å²) in [6, 6.07) is 0.